The van der Waals surface area contributed by atoms with E-state index in [4.69, 9.17) is 14.2 Å². The Balaban J connectivity index is 2.01. The van der Waals surface area contributed by atoms with Crippen molar-refractivity contribution in [2.45, 2.75) is 6.92 Å². The number of nitrogens with one attached hydrogen (secondary N) is 2. The SMILES string of the molecule is COc1cc(NCC(=O)Nc2ccc(C(C)=O)cc2)cc(OC)c1OC. The summed E-state index contributed by atoms with van der Waals surface area (Å²) in [6, 6.07) is 10.2. The zero-order valence-corrected chi connectivity index (χ0v) is 15.2. The van der Waals surface area contributed by atoms with Crippen LogP contribution in [0.1, 0.15) is 17.3 Å². The molecule has 0 aliphatic carbocycles. The first-order valence-electron chi connectivity index (χ1n) is 7.93. The van der Waals surface area contributed by atoms with Crippen molar-refractivity contribution < 1.29 is 23.8 Å². The highest BCUT2D eigenvalue weighted by atomic mass is 16.5. The zero-order valence-electron chi connectivity index (χ0n) is 15.2. The van der Waals surface area contributed by atoms with Crippen LogP contribution in [-0.4, -0.2) is 39.6 Å². The minimum absolute atomic E-state index is 0.0213. The lowest BCUT2D eigenvalue weighted by atomic mass is 10.1. The van der Waals surface area contributed by atoms with E-state index >= 15 is 0 Å². The summed E-state index contributed by atoms with van der Waals surface area (Å²) in [5.41, 5.74) is 1.87. The summed E-state index contributed by atoms with van der Waals surface area (Å²) in [5.74, 6) is 1.22. The molecule has 26 heavy (non-hydrogen) atoms. The maximum absolute atomic E-state index is 12.1. The fourth-order valence-electron chi connectivity index (χ4n) is 2.36. The third kappa shape index (κ3) is 4.66. The minimum Gasteiger partial charge on any atom is -0.493 e. The summed E-state index contributed by atoms with van der Waals surface area (Å²) in [5, 5.41) is 5.77. The van der Waals surface area contributed by atoms with Crippen molar-refractivity contribution in [1.82, 2.24) is 0 Å². The lowest BCUT2D eigenvalue weighted by Gasteiger charge is -2.15. The van der Waals surface area contributed by atoms with Gasteiger partial charge in [-0.1, -0.05) is 0 Å². The first-order valence-corrected chi connectivity index (χ1v) is 7.93. The fraction of sp³-hybridized carbons (Fsp3) is 0.263. The first kappa shape index (κ1) is 19.1. The molecule has 0 aromatic heterocycles. The van der Waals surface area contributed by atoms with Gasteiger partial charge in [-0.3, -0.25) is 9.59 Å². The van der Waals surface area contributed by atoms with Gasteiger partial charge in [0.1, 0.15) is 0 Å². The summed E-state index contributed by atoms with van der Waals surface area (Å²) < 4.78 is 15.8. The van der Waals surface area contributed by atoms with Crippen LogP contribution in [0.3, 0.4) is 0 Å². The van der Waals surface area contributed by atoms with Crippen molar-refractivity contribution in [3.8, 4) is 17.2 Å². The van der Waals surface area contributed by atoms with Crippen LogP contribution in [0, 0.1) is 0 Å². The van der Waals surface area contributed by atoms with Crippen LogP contribution in [0.2, 0.25) is 0 Å². The number of carbonyl (C=O) groups is 2. The van der Waals surface area contributed by atoms with Gasteiger partial charge in [-0.25, -0.2) is 0 Å². The second-order valence-electron chi connectivity index (χ2n) is 5.45. The van der Waals surface area contributed by atoms with Crippen molar-refractivity contribution in [1.29, 1.82) is 0 Å². The molecular weight excluding hydrogens is 336 g/mol. The molecule has 2 rings (SSSR count). The van der Waals surface area contributed by atoms with Gasteiger partial charge >= 0.3 is 0 Å². The van der Waals surface area contributed by atoms with Gasteiger partial charge in [0.25, 0.3) is 0 Å². The third-order valence-corrected chi connectivity index (χ3v) is 3.69. The van der Waals surface area contributed by atoms with E-state index in [1.165, 1.54) is 28.3 Å². The Morgan fingerprint density at radius 2 is 1.46 bits per heavy atom. The Morgan fingerprint density at radius 1 is 0.885 bits per heavy atom. The molecule has 0 spiro atoms. The predicted octanol–water partition coefficient (Wildman–Crippen LogP) is 2.97. The van der Waals surface area contributed by atoms with E-state index in [-0.39, 0.29) is 18.2 Å². The molecule has 2 aromatic carbocycles. The van der Waals surface area contributed by atoms with Gasteiger partial charge in [0.15, 0.2) is 17.3 Å². The normalized spacial score (nSPS) is 10.0. The van der Waals surface area contributed by atoms with Crippen molar-refractivity contribution in [2.75, 3.05) is 38.5 Å². The molecule has 0 atom stereocenters. The highest BCUT2D eigenvalue weighted by Gasteiger charge is 2.13. The fourth-order valence-corrected chi connectivity index (χ4v) is 2.36. The van der Waals surface area contributed by atoms with E-state index in [2.05, 4.69) is 10.6 Å². The van der Waals surface area contributed by atoms with E-state index in [0.29, 0.717) is 34.2 Å². The molecule has 138 valence electrons. The zero-order chi connectivity index (χ0) is 19.1. The van der Waals surface area contributed by atoms with Gasteiger partial charge in [0.2, 0.25) is 11.7 Å². The quantitative estimate of drug-likeness (QED) is 0.706. The number of anilines is 2. The lowest BCUT2D eigenvalue weighted by molar-refractivity contribution is -0.114. The van der Waals surface area contributed by atoms with Gasteiger partial charge in [0.05, 0.1) is 27.9 Å². The Hall–Kier alpha value is -3.22. The monoisotopic (exact) mass is 358 g/mol. The Labute approximate surface area is 152 Å². The maximum atomic E-state index is 12.1. The van der Waals surface area contributed by atoms with Crippen molar-refractivity contribution in [2.24, 2.45) is 0 Å². The molecule has 0 bridgehead atoms. The minimum atomic E-state index is -0.227. The summed E-state index contributed by atoms with van der Waals surface area (Å²) >= 11 is 0. The lowest BCUT2D eigenvalue weighted by Crippen LogP contribution is -2.21. The molecule has 0 heterocycles. The average molecular weight is 358 g/mol. The molecule has 7 heteroatoms. The van der Waals surface area contributed by atoms with Crippen LogP contribution in [0.4, 0.5) is 11.4 Å². The molecule has 2 aromatic rings. The number of hydrogen-bond donors (Lipinski definition) is 2. The summed E-state index contributed by atoms with van der Waals surface area (Å²) in [6.45, 7) is 1.54. The molecule has 0 aliphatic rings. The smallest absolute Gasteiger partial charge is 0.243 e. The number of Topliss-reactive ketones (excluding diaryl/α,β-unsaturated/α-hetero) is 1. The van der Waals surface area contributed by atoms with E-state index in [9.17, 15) is 9.59 Å². The molecule has 2 N–H and O–H groups in total. The molecular formula is C19H22N2O5. The van der Waals surface area contributed by atoms with Crippen LogP contribution in [-0.2, 0) is 4.79 Å². The van der Waals surface area contributed by atoms with Crippen molar-refractivity contribution >= 4 is 23.1 Å². The second-order valence-corrected chi connectivity index (χ2v) is 5.45. The molecule has 0 radical (unpaired) electrons. The molecule has 0 aliphatic heterocycles. The topological polar surface area (TPSA) is 85.9 Å². The van der Waals surface area contributed by atoms with Crippen molar-refractivity contribution in [3.05, 3.63) is 42.0 Å². The summed E-state index contributed by atoms with van der Waals surface area (Å²) in [7, 11) is 4.58. The number of methoxy groups -OCH3 is 3. The van der Waals surface area contributed by atoms with Gasteiger partial charge in [-0.05, 0) is 31.2 Å². The first-order chi connectivity index (χ1) is 12.5. The molecule has 0 fully saturated rings. The van der Waals surface area contributed by atoms with E-state index in [1.807, 2.05) is 0 Å². The number of rotatable bonds is 8. The van der Waals surface area contributed by atoms with Crippen LogP contribution in [0.15, 0.2) is 36.4 Å². The molecule has 0 unspecified atom stereocenters. The molecule has 1 amide bonds. The molecule has 0 saturated heterocycles. The van der Waals surface area contributed by atoms with Crippen LogP contribution >= 0.6 is 0 Å². The van der Waals surface area contributed by atoms with E-state index < -0.39 is 0 Å². The number of ether oxygens (including phenoxy) is 3. The number of ketones is 1. The van der Waals surface area contributed by atoms with Crippen molar-refractivity contribution in [3.63, 3.8) is 0 Å². The summed E-state index contributed by atoms with van der Waals surface area (Å²) in [4.78, 5) is 23.4. The molecule has 0 saturated carbocycles. The van der Waals surface area contributed by atoms with Gasteiger partial charge in [0, 0.05) is 29.1 Å². The Morgan fingerprint density at radius 3 is 1.92 bits per heavy atom. The largest absolute Gasteiger partial charge is 0.493 e. The summed E-state index contributed by atoms with van der Waals surface area (Å²) in [6.07, 6.45) is 0. The number of benzene rings is 2. The Kier molecular flexibility index (Phi) is 6.43. The number of hydrogen-bond acceptors (Lipinski definition) is 6. The number of amides is 1. The number of carbonyl (C=O) groups excluding carboxylic acids is 2. The highest BCUT2D eigenvalue weighted by molar-refractivity contribution is 5.96. The maximum Gasteiger partial charge on any atom is 0.243 e. The average Bonchev–Trinajstić information content (AvgIpc) is 2.65. The van der Waals surface area contributed by atoms with Crippen LogP contribution < -0.4 is 24.8 Å². The highest BCUT2D eigenvalue weighted by Crippen LogP contribution is 2.39. The predicted molar refractivity (Wildman–Crippen MR) is 99.7 cm³/mol. The van der Waals surface area contributed by atoms with Gasteiger partial charge < -0.3 is 24.8 Å². The second kappa shape index (κ2) is 8.75. The van der Waals surface area contributed by atoms with Crippen LogP contribution in [0.5, 0.6) is 17.2 Å². The van der Waals surface area contributed by atoms with E-state index in [0.717, 1.165) is 0 Å². The van der Waals surface area contributed by atoms with E-state index in [1.54, 1.807) is 36.4 Å². The third-order valence-electron chi connectivity index (χ3n) is 3.69. The van der Waals surface area contributed by atoms with Gasteiger partial charge in [-0.2, -0.15) is 0 Å². The molecule has 7 nitrogen and oxygen atoms in total. The van der Waals surface area contributed by atoms with Gasteiger partial charge in [-0.15, -0.1) is 0 Å². The van der Waals surface area contributed by atoms with Crippen LogP contribution in [0.25, 0.3) is 0 Å². The Bertz CT molecular complexity index is 762. The standard InChI is InChI=1S/C19H22N2O5/c1-12(22)13-5-7-14(8-6-13)21-18(23)11-20-15-9-16(24-2)19(26-4)17(10-15)25-3/h5-10,20H,11H2,1-4H3,(H,21,23).